The van der Waals surface area contributed by atoms with Crippen LogP contribution in [0.3, 0.4) is 0 Å². The number of rotatable bonds is 17. The molecule has 1 amide bonds. The molecule has 0 aliphatic heterocycles. The number of esters is 1. The number of carbonyl (C=O) groups is 2. The Labute approximate surface area is 226 Å². The molecule has 0 aromatic heterocycles. The largest absolute Gasteiger partial charge is 0.497 e. The van der Waals surface area contributed by atoms with E-state index in [0.29, 0.717) is 37.9 Å². The van der Waals surface area contributed by atoms with E-state index in [2.05, 4.69) is 5.32 Å². The molecule has 0 aliphatic carbocycles. The topological polar surface area (TPSA) is 93.9 Å². The predicted molar refractivity (Wildman–Crippen MR) is 148 cm³/mol. The molecule has 7 nitrogen and oxygen atoms in total. The Balaban J connectivity index is 1.98. The monoisotopic (exact) mass is 529 g/mol. The lowest BCUT2D eigenvalue weighted by Crippen LogP contribution is -2.46. The Morgan fingerprint density at radius 3 is 2.45 bits per heavy atom. The third-order valence-corrected chi connectivity index (χ3v) is 6.39. The first-order chi connectivity index (χ1) is 18.3. The highest BCUT2D eigenvalue weighted by molar-refractivity contribution is 5.77. The van der Waals surface area contributed by atoms with E-state index in [1.54, 1.807) is 20.1 Å². The van der Waals surface area contributed by atoms with Crippen molar-refractivity contribution in [1.29, 1.82) is 0 Å². The zero-order valence-corrected chi connectivity index (χ0v) is 23.3. The van der Waals surface area contributed by atoms with Crippen LogP contribution < -0.4 is 15.8 Å². The smallest absolute Gasteiger partial charge is 0.306 e. The second kappa shape index (κ2) is 16.8. The van der Waals surface area contributed by atoms with Crippen molar-refractivity contribution in [2.75, 3.05) is 26.7 Å². The molecule has 2 rings (SSSR count). The van der Waals surface area contributed by atoms with Crippen molar-refractivity contribution in [2.24, 2.45) is 5.73 Å². The molecule has 0 saturated heterocycles. The van der Waals surface area contributed by atoms with Gasteiger partial charge in [-0.2, -0.15) is 0 Å². The summed E-state index contributed by atoms with van der Waals surface area (Å²) in [6.07, 6.45) is 2.41. The summed E-state index contributed by atoms with van der Waals surface area (Å²) in [6, 6.07) is 12.2. The Bertz CT molecular complexity index is 1010. The van der Waals surface area contributed by atoms with Crippen LogP contribution in [0.15, 0.2) is 42.5 Å². The van der Waals surface area contributed by atoms with Gasteiger partial charge in [-0.05, 0) is 67.5 Å². The Morgan fingerprint density at radius 2 is 1.79 bits per heavy atom. The van der Waals surface area contributed by atoms with Crippen LogP contribution in [0.25, 0.3) is 0 Å². The number of halogens is 1. The molecule has 3 N–H and O–H groups in total. The van der Waals surface area contributed by atoms with Crippen molar-refractivity contribution in [3.8, 4) is 5.75 Å². The number of amides is 1. The van der Waals surface area contributed by atoms with Crippen LogP contribution >= 0.6 is 0 Å². The molecule has 0 bridgehead atoms. The first kappa shape index (κ1) is 31.2. The molecule has 210 valence electrons. The number of hydrogen-bond acceptors (Lipinski definition) is 6. The lowest BCUT2D eigenvalue weighted by atomic mass is 10.0. The third kappa shape index (κ3) is 10.8. The number of nitrogens with two attached hydrogens (primary N) is 1. The molecular weight excluding hydrogens is 485 g/mol. The summed E-state index contributed by atoms with van der Waals surface area (Å²) < 4.78 is 25.1. The van der Waals surface area contributed by atoms with E-state index in [4.69, 9.17) is 15.2 Å². The lowest BCUT2D eigenvalue weighted by molar-refractivity contribution is -0.150. The predicted octanol–water partition coefficient (Wildman–Crippen LogP) is 4.53. The number of benzene rings is 2. The van der Waals surface area contributed by atoms with Gasteiger partial charge >= 0.3 is 5.97 Å². The number of carbonyl (C=O) groups excluding carboxylic acids is 2. The number of methoxy groups -OCH3 is 1. The zero-order valence-electron chi connectivity index (χ0n) is 23.3. The van der Waals surface area contributed by atoms with Gasteiger partial charge in [-0.3, -0.25) is 9.59 Å². The standard InChI is InChI=1S/C30H44FN3O4/c1-5-15-34(16-6-2)29(35)11-8-12-30(36)38-28(21-33-20-24-9-7-10-25(17-24)37-4)27(32)19-23-14-13-22(3)26(31)18-23/h7,9-10,13-14,17-18,27-28,33H,5-6,8,11-12,15-16,19-21,32H2,1-4H3. The van der Waals surface area contributed by atoms with Gasteiger partial charge in [0.25, 0.3) is 0 Å². The summed E-state index contributed by atoms with van der Waals surface area (Å²) in [7, 11) is 1.62. The van der Waals surface area contributed by atoms with Crippen molar-refractivity contribution in [3.05, 3.63) is 65.0 Å². The Morgan fingerprint density at radius 1 is 1.05 bits per heavy atom. The van der Waals surface area contributed by atoms with E-state index in [0.717, 1.165) is 42.8 Å². The van der Waals surface area contributed by atoms with Gasteiger partial charge in [-0.1, -0.05) is 38.1 Å². The highest BCUT2D eigenvalue weighted by Gasteiger charge is 2.23. The maximum absolute atomic E-state index is 14.1. The average molecular weight is 530 g/mol. The van der Waals surface area contributed by atoms with Crippen LogP contribution in [0, 0.1) is 12.7 Å². The number of aryl methyl sites for hydroxylation is 1. The molecule has 0 radical (unpaired) electrons. The maximum atomic E-state index is 14.1. The minimum atomic E-state index is -0.621. The second-order valence-corrected chi connectivity index (χ2v) is 9.70. The molecule has 0 fully saturated rings. The van der Waals surface area contributed by atoms with Crippen LogP contribution in [0.4, 0.5) is 4.39 Å². The van der Waals surface area contributed by atoms with Gasteiger partial charge in [0.05, 0.1) is 7.11 Å². The summed E-state index contributed by atoms with van der Waals surface area (Å²) >= 11 is 0. The minimum absolute atomic E-state index is 0.0658. The number of hydrogen-bond donors (Lipinski definition) is 2. The zero-order chi connectivity index (χ0) is 27.9. The molecule has 2 aromatic carbocycles. The van der Waals surface area contributed by atoms with E-state index in [1.165, 1.54) is 6.07 Å². The maximum Gasteiger partial charge on any atom is 0.306 e. The third-order valence-electron chi connectivity index (χ3n) is 6.39. The number of nitrogens with zero attached hydrogens (tertiary/aromatic N) is 1. The van der Waals surface area contributed by atoms with Crippen LogP contribution in [-0.2, 0) is 27.3 Å². The van der Waals surface area contributed by atoms with Crippen LogP contribution in [0.5, 0.6) is 5.75 Å². The lowest BCUT2D eigenvalue weighted by Gasteiger charge is -2.25. The molecule has 2 atom stereocenters. The molecule has 0 saturated carbocycles. The second-order valence-electron chi connectivity index (χ2n) is 9.70. The SMILES string of the molecule is CCCN(CCC)C(=O)CCCC(=O)OC(CNCc1cccc(OC)c1)C(N)Cc1ccc(C)c(F)c1. The van der Waals surface area contributed by atoms with Crippen LogP contribution in [0.1, 0.15) is 62.6 Å². The van der Waals surface area contributed by atoms with Crippen LogP contribution in [0.2, 0.25) is 0 Å². The van der Waals surface area contributed by atoms with Crippen LogP contribution in [-0.4, -0.2) is 55.7 Å². The van der Waals surface area contributed by atoms with Gasteiger partial charge in [0.1, 0.15) is 17.7 Å². The van der Waals surface area contributed by atoms with Gasteiger partial charge in [-0.25, -0.2) is 4.39 Å². The summed E-state index contributed by atoms with van der Waals surface area (Å²) in [5.41, 5.74) is 8.80. The van der Waals surface area contributed by atoms with E-state index >= 15 is 0 Å². The summed E-state index contributed by atoms with van der Waals surface area (Å²) in [4.78, 5) is 27.1. The summed E-state index contributed by atoms with van der Waals surface area (Å²) in [6.45, 7) is 8.13. The normalized spacial score (nSPS) is 12.6. The highest BCUT2D eigenvalue weighted by Crippen LogP contribution is 2.15. The first-order valence-corrected chi connectivity index (χ1v) is 13.6. The quantitative estimate of drug-likeness (QED) is 0.293. The number of nitrogens with one attached hydrogen (secondary N) is 1. The van der Waals surface area contributed by atoms with Gasteiger partial charge in [-0.15, -0.1) is 0 Å². The van der Waals surface area contributed by atoms with Gasteiger partial charge in [0, 0.05) is 45.1 Å². The van der Waals surface area contributed by atoms with Crippen molar-refractivity contribution in [3.63, 3.8) is 0 Å². The molecule has 2 aromatic rings. The van der Waals surface area contributed by atoms with E-state index in [1.807, 2.05) is 49.1 Å². The molecule has 2 unspecified atom stereocenters. The molecule has 0 aliphatic rings. The van der Waals surface area contributed by atoms with Crippen molar-refractivity contribution in [1.82, 2.24) is 10.2 Å². The molecule has 0 heterocycles. The fourth-order valence-corrected chi connectivity index (χ4v) is 4.26. The molecule has 0 spiro atoms. The minimum Gasteiger partial charge on any atom is -0.497 e. The van der Waals surface area contributed by atoms with E-state index in [-0.39, 0.29) is 18.1 Å². The van der Waals surface area contributed by atoms with Crippen molar-refractivity contribution in [2.45, 2.75) is 78.0 Å². The Hall–Kier alpha value is -2.97. The fraction of sp³-hybridized carbons (Fsp3) is 0.533. The van der Waals surface area contributed by atoms with Gasteiger partial charge < -0.3 is 25.4 Å². The van der Waals surface area contributed by atoms with E-state index < -0.39 is 18.1 Å². The van der Waals surface area contributed by atoms with Crippen molar-refractivity contribution >= 4 is 11.9 Å². The molecule has 8 heteroatoms. The molecular formula is C30H44FN3O4. The highest BCUT2D eigenvalue weighted by atomic mass is 19.1. The molecule has 38 heavy (non-hydrogen) atoms. The summed E-state index contributed by atoms with van der Waals surface area (Å²) in [5, 5.41) is 3.32. The van der Waals surface area contributed by atoms with Crippen molar-refractivity contribution < 1.29 is 23.5 Å². The van der Waals surface area contributed by atoms with Gasteiger partial charge in [0.2, 0.25) is 5.91 Å². The summed E-state index contributed by atoms with van der Waals surface area (Å²) in [5.74, 6) is 0.144. The Kier molecular flexibility index (Phi) is 13.8. The van der Waals surface area contributed by atoms with Gasteiger partial charge in [0.15, 0.2) is 0 Å². The average Bonchev–Trinajstić information content (AvgIpc) is 2.90. The van der Waals surface area contributed by atoms with E-state index in [9.17, 15) is 14.0 Å². The fourth-order valence-electron chi connectivity index (χ4n) is 4.26. The first-order valence-electron chi connectivity index (χ1n) is 13.6. The number of ether oxygens (including phenoxy) is 2.